The smallest absolute Gasteiger partial charge is 0.475 e. The summed E-state index contributed by atoms with van der Waals surface area (Å²) in [7, 11) is 0. The highest BCUT2D eigenvalue weighted by Crippen LogP contribution is 2.17. The highest BCUT2D eigenvalue weighted by Gasteiger charge is 2.38. The maximum absolute atomic E-state index is 11.0. The molecule has 0 fully saturated rings. The van der Waals surface area contributed by atoms with Crippen LogP contribution in [0.2, 0.25) is 0 Å². The second-order valence-electron chi connectivity index (χ2n) is 3.29. The van der Waals surface area contributed by atoms with Crippen LogP contribution in [-0.2, 0) is 9.59 Å². The SMILES string of the molecule is O=C(O)C(F)(F)F.O=C1NC=CC2=NCCC12. The Bertz CT molecular complexity index is 387. The maximum atomic E-state index is 11.0. The van der Waals surface area contributed by atoms with Gasteiger partial charge in [0.1, 0.15) is 0 Å². The van der Waals surface area contributed by atoms with Gasteiger partial charge in [-0.1, -0.05) is 0 Å². The number of carbonyl (C=O) groups is 2. The van der Waals surface area contributed by atoms with Crippen LogP contribution >= 0.6 is 0 Å². The summed E-state index contributed by atoms with van der Waals surface area (Å²) in [6, 6.07) is 0. The molecule has 5 nitrogen and oxygen atoms in total. The summed E-state index contributed by atoms with van der Waals surface area (Å²) in [6.45, 7) is 0.803. The number of halogens is 3. The van der Waals surface area contributed by atoms with Gasteiger partial charge < -0.3 is 10.4 Å². The fourth-order valence-electron chi connectivity index (χ4n) is 1.32. The predicted octanol–water partition coefficient (Wildman–Crippen LogP) is 0.724. The number of allylic oxidation sites excluding steroid dienone is 1. The van der Waals surface area contributed by atoms with Gasteiger partial charge >= 0.3 is 12.1 Å². The number of rotatable bonds is 0. The first-order chi connectivity index (χ1) is 7.82. The van der Waals surface area contributed by atoms with Crippen molar-refractivity contribution in [3.63, 3.8) is 0 Å². The van der Waals surface area contributed by atoms with Gasteiger partial charge in [-0.3, -0.25) is 9.79 Å². The van der Waals surface area contributed by atoms with E-state index < -0.39 is 12.1 Å². The number of fused-ring (bicyclic) bond motifs is 1. The highest BCUT2D eigenvalue weighted by molar-refractivity contribution is 6.13. The Morgan fingerprint density at radius 1 is 1.53 bits per heavy atom. The lowest BCUT2D eigenvalue weighted by Crippen LogP contribution is -2.33. The molecule has 0 aromatic carbocycles. The molecule has 0 aliphatic carbocycles. The van der Waals surface area contributed by atoms with E-state index in [-0.39, 0.29) is 11.8 Å². The van der Waals surface area contributed by atoms with E-state index in [1.807, 2.05) is 6.08 Å². The van der Waals surface area contributed by atoms with Crippen molar-refractivity contribution < 1.29 is 27.9 Å². The third-order valence-electron chi connectivity index (χ3n) is 2.11. The van der Waals surface area contributed by atoms with Crippen LogP contribution in [-0.4, -0.2) is 35.4 Å². The van der Waals surface area contributed by atoms with Gasteiger partial charge in [-0.25, -0.2) is 4.79 Å². The lowest BCUT2D eigenvalue weighted by molar-refractivity contribution is -0.192. The molecule has 0 radical (unpaired) electrons. The van der Waals surface area contributed by atoms with Crippen LogP contribution in [0.5, 0.6) is 0 Å². The van der Waals surface area contributed by atoms with Crippen molar-refractivity contribution in [2.24, 2.45) is 10.9 Å². The molecule has 2 aliphatic rings. The summed E-state index contributed by atoms with van der Waals surface area (Å²) in [5.41, 5.74) is 0.948. The molecule has 1 unspecified atom stereocenters. The normalized spacial score (nSPS) is 21.9. The molecule has 2 N–H and O–H groups in total. The molecule has 0 saturated heterocycles. The molecule has 94 valence electrons. The molecule has 0 bridgehead atoms. The van der Waals surface area contributed by atoms with Crippen LogP contribution in [0.1, 0.15) is 6.42 Å². The number of aliphatic carboxylic acids is 1. The Hall–Kier alpha value is -1.86. The van der Waals surface area contributed by atoms with Crippen molar-refractivity contribution in [2.45, 2.75) is 12.6 Å². The Kier molecular flexibility index (Phi) is 3.87. The highest BCUT2D eigenvalue weighted by atomic mass is 19.4. The fraction of sp³-hybridized carbons (Fsp3) is 0.444. The molecule has 0 spiro atoms. The Labute approximate surface area is 94.0 Å². The minimum atomic E-state index is -5.08. The average molecular weight is 250 g/mol. The standard InChI is InChI=1S/C7H8N2O.C2HF3O2/c10-7-5-1-3-8-6(5)2-4-9-7;3-2(4,5)1(6)7/h2,4-5H,1,3H2,(H,9,10);(H,6,7). The van der Waals surface area contributed by atoms with Gasteiger partial charge in [0.15, 0.2) is 0 Å². The van der Waals surface area contributed by atoms with Gasteiger partial charge in [0, 0.05) is 18.5 Å². The number of amides is 1. The van der Waals surface area contributed by atoms with E-state index in [0.29, 0.717) is 0 Å². The fourth-order valence-corrected chi connectivity index (χ4v) is 1.32. The lowest BCUT2D eigenvalue weighted by Gasteiger charge is -2.12. The quantitative estimate of drug-likeness (QED) is 0.665. The number of nitrogens with zero attached hydrogens (tertiary/aromatic N) is 1. The molecule has 0 saturated carbocycles. The first-order valence-electron chi connectivity index (χ1n) is 4.63. The molecule has 8 heteroatoms. The van der Waals surface area contributed by atoms with Crippen molar-refractivity contribution in [3.05, 3.63) is 12.3 Å². The number of hydrogen-bond acceptors (Lipinski definition) is 3. The van der Waals surface area contributed by atoms with Crippen LogP contribution in [0.15, 0.2) is 17.3 Å². The second-order valence-corrected chi connectivity index (χ2v) is 3.29. The van der Waals surface area contributed by atoms with E-state index in [2.05, 4.69) is 10.3 Å². The molecule has 2 aliphatic heterocycles. The van der Waals surface area contributed by atoms with E-state index in [9.17, 15) is 18.0 Å². The third kappa shape index (κ3) is 3.58. The van der Waals surface area contributed by atoms with Crippen molar-refractivity contribution in [3.8, 4) is 0 Å². The number of nitrogens with one attached hydrogen (secondary N) is 1. The zero-order valence-corrected chi connectivity index (χ0v) is 8.49. The monoisotopic (exact) mass is 250 g/mol. The van der Waals surface area contributed by atoms with E-state index >= 15 is 0 Å². The summed E-state index contributed by atoms with van der Waals surface area (Å²) in [5.74, 6) is -2.61. The number of hydrogen-bond donors (Lipinski definition) is 2. The van der Waals surface area contributed by atoms with Crippen molar-refractivity contribution in [1.82, 2.24) is 5.32 Å². The Morgan fingerprint density at radius 3 is 2.59 bits per heavy atom. The summed E-state index contributed by atoms with van der Waals surface area (Å²) < 4.78 is 31.7. The van der Waals surface area contributed by atoms with Gasteiger partial charge in [-0.2, -0.15) is 13.2 Å². The van der Waals surface area contributed by atoms with Gasteiger partial charge in [0.25, 0.3) is 0 Å². The summed E-state index contributed by atoms with van der Waals surface area (Å²) in [5, 5.41) is 9.78. The minimum Gasteiger partial charge on any atom is -0.475 e. The predicted molar refractivity (Wildman–Crippen MR) is 51.4 cm³/mol. The van der Waals surface area contributed by atoms with Gasteiger partial charge in [-0.15, -0.1) is 0 Å². The van der Waals surface area contributed by atoms with Crippen molar-refractivity contribution in [1.29, 1.82) is 0 Å². The minimum absolute atomic E-state index is 0.0463. The first-order valence-corrected chi connectivity index (χ1v) is 4.63. The van der Waals surface area contributed by atoms with E-state index in [1.165, 1.54) is 0 Å². The molecule has 1 amide bonds. The van der Waals surface area contributed by atoms with E-state index in [4.69, 9.17) is 9.90 Å². The lowest BCUT2D eigenvalue weighted by atomic mass is 9.99. The van der Waals surface area contributed by atoms with E-state index in [1.54, 1.807) is 6.20 Å². The summed E-state index contributed by atoms with van der Waals surface area (Å²) in [4.78, 5) is 24.1. The second kappa shape index (κ2) is 4.98. The Balaban J connectivity index is 0.000000185. The van der Waals surface area contributed by atoms with Gasteiger partial charge in [0.2, 0.25) is 5.91 Å². The molecule has 0 aromatic rings. The van der Waals surface area contributed by atoms with Crippen LogP contribution in [0.4, 0.5) is 13.2 Å². The first kappa shape index (κ1) is 13.2. The van der Waals surface area contributed by atoms with Crippen LogP contribution in [0.25, 0.3) is 0 Å². The zero-order valence-electron chi connectivity index (χ0n) is 8.49. The molecule has 2 rings (SSSR count). The molecular formula is C9H9F3N2O3. The topological polar surface area (TPSA) is 78.8 Å². The number of carboxylic acid groups (broad SMARTS) is 1. The number of carboxylic acids is 1. The van der Waals surface area contributed by atoms with E-state index in [0.717, 1.165) is 18.7 Å². The largest absolute Gasteiger partial charge is 0.490 e. The van der Waals surface area contributed by atoms with Gasteiger partial charge in [-0.05, 0) is 12.5 Å². The summed E-state index contributed by atoms with van der Waals surface area (Å²) in [6.07, 6.45) is -0.673. The third-order valence-corrected chi connectivity index (χ3v) is 2.11. The number of alkyl halides is 3. The molecule has 1 atom stereocenters. The molecule has 17 heavy (non-hydrogen) atoms. The molecular weight excluding hydrogens is 241 g/mol. The maximum Gasteiger partial charge on any atom is 0.490 e. The van der Waals surface area contributed by atoms with Gasteiger partial charge in [0.05, 0.1) is 5.92 Å². The Morgan fingerprint density at radius 2 is 2.12 bits per heavy atom. The average Bonchev–Trinajstić information content (AvgIpc) is 2.66. The van der Waals surface area contributed by atoms with Crippen LogP contribution < -0.4 is 5.32 Å². The van der Waals surface area contributed by atoms with Crippen LogP contribution in [0.3, 0.4) is 0 Å². The van der Waals surface area contributed by atoms with Crippen molar-refractivity contribution in [2.75, 3.05) is 6.54 Å². The molecule has 2 heterocycles. The molecule has 0 aromatic heterocycles. The van der Waals surface area contributed by atoms with Crippen LogP contribution in [0, 0.1) is 5.92 Å². The number of aliphatic imine (C=N–C) groups is 1. The zero-order chi connectivity index (χ0) is 13.1. The number of carbonyl (C=O) groups excluding carboxylic acids is 1. The summed E-state index contributed by atoms with van der Waals surface area (Å²) >= 11 is 0. The van der Waals surface area contributed by atoms with Crippen molar-refractivity contribution >= 4 is 17.6 Å².